The van der Waals surface area contributed by atoms with Gasteiger partial charge < -0.3 is 19.5 Å². The van der Waals surface area contributed by atoms with Gasteiger partial charge in [-0.2, -0.15) is 0 Å². The first kappa shape index (κ1) is 16.1. The summed E-state index contributed by atoms with van der Waals surface area (Å²) >= 11 is 0. The van der Waals surface area contributed by atoms with Crippen LogP contribution in [0.25, 0.3) is 0 Å². The second-order valence-electron chi connectivity index (χ2n) is 5.42. The molecule has 118 valence electrons. The van der Waals surface area contributed by atoms with Gasteiger partial charge in [0, 0.05) is 19.7 Å². The summed E-state index contributed by atoms with van der Waals surface area (Å²) < 4.78 is 16.6. The predicted molar refractivity (Wildman–Crippen MR) is 84.0 cm³/mol. The highest BCUT2D eigenvalue weighted by Crippen LogP contribution is 2.28. The van der Waals surface area contributed by atoms with Crippen molar-refractivity contribution in [1.82, 2.24) is 5.32 Å². The third-order valence-electron chi connectivity index (χ3n) is 4.01. The molecular weight excluding hydrogens is 266 g/mol. The van der Waals surface area contributed by atoms with E-state index in [9.17, 15) is 0 Å². The van der Waals surface area contributed by atoms with Crippen molar-refractivity contribution in [2.24, 2.45) is 5.92 Å². The van der Waals surface area contributed by atoms with Gasteiger partial charge in [0.1, 0.15) is 0 Å². The van der Waals surface area contributed by atoms with E-state index in [2.05, 4.69) is 18.3 Å². The van der Waals surface area contributed by atoms with Crippen LogP contribution < -0.4 is 14.8 Å². The van der Waals surface area contributed by atoms with Gasteiger partial charge in [-0.05, 0) is 43.4 Å². The van der Waals surface area contributed by atoms with Crippen LogP contribution in [0.4, 0.5) is 0 Å². The van der Waals surface area contributed by atoms with Gasteiger partial charge in [-0.3, -0.25) is 0 Å². The summed E-state index contributed by atoms with van der Waals surface area (Å²) in [5.41, 5.74) is 1.21. The molecular formula is C17H27NO3. The van der Waals surface area contributed by atoms with Gasteiger partial charge in [-0.1, -0.05) is 13.0 Å². The summed E-state index contributed by atoms with van der Waals surface area (Å²) in [6, 6.07) is 6.11. The molecule has 0 saturated carbocycles. The maximum Gasteiger partial charge on any atom is 0.161 e. The Balaban J connectivity index is 1.85. The van der Waals surface area contributed by atoms with Crippen LogP contribution in [0.15, 0.2) is 18.2 Å². The number of rotatable bonds is 8. The molecule has 1 aromatic carbocycles. The van der Waals surface area contributed by atoms with E-state index in [0.717, 1.165) is 44.0 Å². The zero-order chi connectivity index (χ0) is 15.1. The van der Waals surface area contributed by atoms with E-state index in [1.807, 2.05) is 19.1 Å². The Morgan fingerprint density at radius 1 is 1.29 bits per heavy atom. The highest BCUT2D eigenvalue weighted by atomic mass is 16.5. The Morgan fingerprint density at radius 3 is 2.86 bits per heavy atom. The molecule has 4 nitrogen and oxygen atoms in total. The average Bonchev–Trinajstić information content (AvgIpc) is 2.96. The average molecular weight is 293 g/mol. The Kier molecular flexibility index (Phi) is 6.33. The van der Waals surface area contributed by atoms with E-state index in [-0.39, 0.29) is 0 Å². The molecule has 4 heteroatoms. The number of benzene rings is 1. The molecule has 1 aromatic rings. The van der Waals surface area contributed by atoms with E-state index < -0.39 is 0 Å². The standard InChI is InChI=1S/C17H27NO3/c1-4-15-14(8-9-21-15)12-18-11-13-6-7-16(20-5-2)17(10-13)19-3/h6-7,10,14-15,18H,4-5,8-9,11-12H2,1-3H3. The number of hydrogen-bond acceptors (Lipinski definition) is 4. The fourth-order valence-electron chi connectivity index (χ4n) is 2.88. The van der Waals surface area contributed by atoms with Crippen molar-refractivity contribution in [2.45, 2.75) is 39.3 Å². The molecule has 1 fully saturated rings. The Bertz CT molecular complexity index is 436. The van der Waals surface area contributed by atoms with E-state index in [4.69, 9.17) is 14.2 Å². The van der Waals surface area contributed by atoms with Crippen LogP contribution in [-0.4, -0.2) is 33.0 Å². The van der Waals surface area contributed by atoms with Crippen LogP contribution in [0.1, 0.15) is 32.3 Å². The summed E-state index contributed by atoms with van der Waals surface area (Å²) in [5.74, 6) is 2.24. The molecule has 21 heavy (non-hydrogen) atoms. The van der Waals surface area contributed by atoms with Gasteiger partial charge in [0.2, 0.25) is 0 Å². The fraction of sp³-hybridized carbons (Fsp3) is 0.647. The first-order valence-corrected chi connectivity index (χ1v) is 7.90. The maximum atomic E-state index is 5.72. The van der Waals surface area contributed by atoms with E-state index in [0.29, 0.717) is 18.6 Å². The molecule has 1 heterocycles. The van der Waals surface area contributed by atoms with Crippen molar-refractivity contribution >= 4 is 0 Å². The third kappa shape index (κ3) is 4.35. The van der Waals surface area contributed by atoms with Crippen LogP contribution in [0.2, 0.25) is 0 Å². The maximum absolute atomic E-state index is 5.72. The summed E-state index contributed by atoms with van der Waals surface area (Å²) in [7, 11) is 1.68. The lowest BCUT2D eigenvalue weighted by atomic mass is 9.99. The molecule has 2 atom stereocenters. The second kappa shape index (κ2) is 8.25. The van der Waals surface area contributed by atoms with Gasteiger partial charge in [0.25, 0.3) is 0 Å². The zero-order valence-electron chi connectivity index (χ0n) is 13.4. The summed E-state index contributed by atoms with van der Waals surface area (Å²) in [6.45, 7) is 7.57. The van der Waals surface area contributed by atoms with Crippen LogP contribution in [0, 0.1) is 5.92 Å². The molecule has 0 aliphatic carbocycles. The molecule has 2 unspecified atom stereocenters. The number of ether oxygens (including phenoxy) is 3. The minimum Gasteiger partial charge on any atom is -0.493 e. The Morgan fingerprint density at radius 2 is 2.14 bits per heavy atom. The lowest BCUT2D eigenvalue weighted by Crippen LogP contribution is -2.27. The number of methoxy groups -OCH3 is 1. The van der Waals surface area contributed by atoms with Crippen molar-refractivity contribution in [2.75, 3.05) is 26.9 Å². The SMILES string of the molecule is CCOc1ccc(CNCC2CCOC2CC)cc1OC. The number of nitrogens with one attached hydrogen (secondary N) is 1. The summed E-state index contributed by atoms with van der Waals surface area (Å²) in [6.07, 6.45) is 2.69. The molecule has 0 amide bonds. The predicted octanol–water partition coefficient (Wildman–Crippen LogP) is 3.00. The molecule has 0 spiro atoms. The van der Waals surface area contributed by atoms with Gasteiger partial charge in [0.05, 0.1) is 19.8 Å². The highest BCUT2D eigenvalue weighted by molar-refractivity contribution is 5.42. The highest BCUT2D eigenvalue weighted by Gasteiger charge is 2.25. The first-order chi connectivity index (χ1) is 10.3. The van der Waals surface area contributed by atoms with E-state index >= 15 is 0 Å². The zero-order valence-corrected chi connectivity index (χ0v) is 13.4. The fourth-order valence-corrected chi connectivity index (χ4v) is 2.88. The lowest BCUT2D eigenvalue weighted by Gasteiger charge is -2.17. The summed E-state index contributed by atoms with van der Waals surface area (Å²) in [4.78, 5) is 0. The molecule has 1 aliphatic heterocycles. The topological polar surface area (TPSA) is 39.7 Å². The normalized spacial score (nSPS) is 21.5. The molecule has 0 bridgehead atoms. The largest absolute Gasteiger partial charge is 0.493 e. The van der Waals surface area contributed by atoms with Gasteiger partial charge >= 0.3 is 0 Å². The van der Waals surface area contributed by atoms with Crippen molar-refractivity contribution in [1.29, 1.82) is 0 Å². The quantitative estimate of drug-likeness (QED) is 0.800. The van der Waals surface area contributed by atoms with Crippen molar-refractivity contribution in [3.05, 3.63) is 23.8 Å². The monoisotopic (exact) mass is 293 g/mol. The van der Waals surface area contributed by atoms with Crippen LogP contribution in [0.5, 0.6) is 11.5 Å². The Hall–Kier alpha value is -1.26. The van der Waals surface area contributed by atoms with Crippen LogP contribution in [0.3, 0.4) is 0 Å². The van der Waals surface area contributed by atoms with Crippen molar-refractivity contribution in [3.63, 3.8) is 0 Å². The number of hydrogen-bond donors (Lipinski definition) is 1. The van der Waals surface area contributed by atoms with Crippen molar-refractivity contribution < 1.29 is 14.2 Å². The third-order valence-corrected chi connectivity index (χ3v) is 4.01. The molecule has 1 saturated heterocycles. The van der Waals surface area contributed by atoms with E-state index in [1.165, 1.54) is 5.56 Å². The summed E-state index contributed by atoms with van der Waals surface area (Å²) in [5, 5.41) is 3.53. The lowest BCUT2D eigenvalue weighted by molar-refractivity contribution is 0.0872. The minimum atomic E-state index is 0.423. The molecule has 0 radical (unpaired) electrons. The van der Waals surface area contributed by atoms with Crippen LogP contribution in [-0.2, 0) is 11.3 Å². The Labute approximate surface area is 127 Å². The van der Waals surface area contributed by atoms with Gasteiger partial charge in [-0.15, -0.1) is 0 Å². The van der Waals surface area contributed by atoms with E-state index in [1.54, 1.807) is 7.11 Å². The van der Waals surface area contributed by atoms with Gasteiger partial charge in [-0.25, -0.2) is 0 Å². The minimum absolute atomic E-state index is 0.423. The smallest absolute Gasteiger partial charge is 0.161 e. The first-order valence-electron chi connectivity index (χ1n) is 7.90. The molecule has 1 N–H and O–H groups in total. The van der Waals surface area contributed by atoms with Gasteiger partial charge in [0.15, 0.2) is 11.5 Å². The van der Waals surface area contributed by atoms with Crippen molar-refractivity contribution in [3.8, 4) is 11.5 Å². The van der Waals surface area contributed by atoms with Crippen LogP contribution >= 0.6 is 0 Å². The second-order valence-corrected chi connectivity index (χ2v) is 5.42. The molecule has 1 aliphatic rings. The molecule has 2 rings (SSSR count). The molecule has 0 aromatic heterocycles.